The number of nitrogens with one attached hydrogen (secondary N) is 1. The van der Waals surface area contributed by atoms with Gasteiger partial charge in [-0.05, 0) is 25.7 Å². The maximum atomic E-state index is 5.34. The predicted octanol–water partition coefficient (Wildman–Crippen LogP) is 1.39. The average molecular weight is 221 g/mol. The number of hydrogen-bond acceptors (Lipinski definition) is 5. The highest BCUT2D eigenvalue weighted by Crippen LogP contribution is 2.28. The molecule has 3 N–H and O–H groups in total. The third-order valence-corrected chi connectivity index (χ3v) is 3.21. The lowest BCUT2D eigenvalue weighted by molar-refractivity contribution is 0.318. The smallest absolute Gasteiger partial charge is 0.145 e. The van der Waals surface area contributed by atoms with E-state index in [4.69, 9.17) is 5.84 Å². The van der Waals surface area contributed by atoms with Crippen molar-refractivity contribution in [1.82, 2.24) is 9.97 Å². The second kappa shape index (κ2) is 5.12. The molecule has 1 fully saturated rings. The molecule has 1 aliphatic carbocycles. The minimum absolute atomic E-state index is 0.664. The summed E-state index contributed by atoms with van der Waals surface area (Å²) in [5.74, 6) is 7.80. The van der Waals surface area contributed by atoms with Crippen LogP contribution in [0.2, 0.25) is 0 Å². The molecule has 5 nitrogen and oxygen atoms in total. The zero-order chi connectivity index (χ0) is 11.4. The minimum atomic E-state index is 0.664. The molecule has 88 valence electrons. The standard InChI is InChI=1S/C11H19N5/c1-2-16(7-9-4-3-5-9)11-6-10(15-12)13-8-14-11/h6,8-9H,2-5,7,12H2,1H3,(H,13,14,15). The Morgan fingerprint density at radius 3 is 2.88 bits per heavy atom. The summed E-state index contributed by atoms with van der Waals surface area (Å²) in [6.45, 7) is 4.21. The predicted molar refractivity (Wildman–Crippen MR) is 65.1 cm³/mol. The van der Waals surface area contributed by atoms with Crippen molar-refractivity contribution in [1.29, 1.82) is 0 Å². The van der Waals surface area contributed by atoms with Crippen LogP contribution in [0.15, 0.2) is 12.4 Å². The lowest BCUT2D eigenvalue weighted by Crippen LogP contribution is -2.33. The van der Waals surface area contributed by atoms with Crippen molar-refractivity contribution in [2.75, 3.05) is 23.4 Å². The Labute approximate surface area is 96.0 Å². The Morgan fingerprint density at radius 1 is 1.50 bits per heavy atom. The second-order valence-electron chi connectivity index (χ2n) is 4.24. The van der Waals surface area contributed by atoms with Crippen LogP contribution >= 0.6 is 0 Å². The van der Waals surface area contributed by atoms with Crippen molar-refractivity contribution < 1.29 is 0 Å². The largest absolute Gasteiger partial charge is 0.356 e. The summed E-state index contributed by atoms with van der Waals surface area (Å²) in [4.78, 5) is 10.6. The highest BCUT2D eigenvalue weighted by atomic mass is 15.3. The van der Waals surface area contributed by atoms with Crippen molar-refractivity contribution in [2.24, 2.45) is 11.8 Å². The number of rotatable bonds is 5. The van der Waals surface area contributed by atoms with Crippen LogP contribution in [0.1, 0.15) is 26.2 Å². The molecule has 0 atom stereocenters. The van der Waals surface area contributed by atoms with E-state index in [-0.39, 0.29) is 0 Å². The van der Waals surface area contributed by atoms with E-state index >= 15 is 0 Å². The Kier molecular flexibility index (Phi) is 3.56. The van der Waals surface area contributed by atoms with Crippen LogP contribution in [0.4, 0.5) is 11.6 Å². The maximum absolute atomic E-state index is 5.34. The molecule has 0 bridgehead atoms. The van der Waals surface area contributed by atoms with E-state index in [9.17, 15) is 0 Å². The monoisotopic (exact) mass is 221 g/mol. The van der Waals surface area contributed by atoms with Gasteiger partial charge in [-0.15, -0.1) is 0 Å². The Balaban J connectivity index is 2.05. The Hall–Kier alpha value is -1.36. The van der Waals surface area contributed by atoms with Crippen molar-refractivity contribution >= 4 is 11.6 Å². The molecule has 16 heavy (non-hydrogen) atoms. The van der Waals surface area contributed by atoms with Gasteiger partial charge in [-0.3, -0.25) is 0 Å². The normalized spacial score (nSPS) is 15.6. The molecule has 0 aliphatic heterocycles. The number of anilines is 2. The molecule has 0 amide bonds. The van der Waals surface area contributed by atoms with Crippen molar-refractivity contribution in [3.63, 3.8) is 0 Å². The second-order valence-corrected chi connectivity index (χ2v) is 4.24. The lowest BCUT2D eigenvalue weighted by Gasteiger charge is -2.32. The minimum Gasteiger partial charge on any atom is -0.356 e. The molecule has 0 radical (unpaired) electrons. The summed E-state index contributed by atoms with van der Waals surface area (Å²) >= 11 is 0. The number of hydrazine groups is 1. The van der Waals surface area contributed by atoms with E-state index in [0.29, 0.717) is 5.82 Å². The van der Waals surface area contributed by atoms with Gasteiger partial charge < -0.3 is 10.3 Å². The molecule has 1 aromatic rings. The topological polar surface area (TPSA) is 67.1 Å². The molecule has 0 unspecified atom stereocenters. The van der Waals surface area contributed by atoms with Crippen LogP contribution in [0, 0.1) is 5.92 Å². The van der Waals surface area contributed by atoms with Crippen molar-refractivity contribution in [2.45, 2.75) is 26.2 Å². The van der Waals surface area contributed by atoms with Crippen molar-refractivity contribution in [3.05, 3.63) is 12.4 Å². The third-order valence-electron chi connectivity index (χ3n) is 3.21. The zero-order valence-corrected chi connectivity index (χ0v) is 9.69. The van der Waals surface area contributed by atoms with Gasteiger partial charge >= 0.3 is 0 Å². The van der Waals surface area contributed by atoms with E-state index in [1.54, 1.807) is 6.33 Å². The molecule has 1 heterocycles. The molecule has 1 saturated carbocycles. The van der Waals surface area contributed by atoms with Gasteiger partial charge in [-0.25, -0.2) is 15.8 Å². The SMILES string of the molecule is CCN(CC1CCC1)c1cc(NN)ncn1. The van der Waals surface area contributed by atoms with E-state index < -0.39 is 0 Å². The highest BCUT2D eigenvalue weighted by Gasteiger charge is 2.20. The number of nitrogens with two attached hydrogens (primary N) is 1. The van der Waals surface area contributed by atoms with E-state index in [1.165, 1.54) is 19.3 Å². The van der Waals surface area contributed by atoms with E-state index in [1.807, 2.05) is 6.07 Å². The third kappa shape index (κ3) is 2.41. The van der Waals surface area contributed by atoms with Crippen LogP contribution in [0.25, 0.3) is 0 Å². The Bertz CT molecular complexity index is 337. The highest BCUT2D eigenvalue weighted by molar-refractivity contribution is 5.47. The first-order valence-corrected chi connectivity index (χ1v) is 5.87. The molecular formula is C11H19N5. The summed E-state index contributed by atoms with van der Waals surface area (Å²) in [5.41, 5.74) is 2.55. The van der Waals surface area contributed by atoms with Crippen LogP contribution in [-0.2, 0) is 0 Å². The van der Waals surface area contributed by atoms with Crippen LogP contribution in [0.3, 0.4) is 0 Å². The number of aromatic nitrogens is 2. The molecule has 0 saturated heterocycles. The number of hydrogen-bond donors (Lipinski definition) is 2. The molecule has 0 aromatic carbocycles. The summed E-state index contributed by atoms with van der Waals surface area (Å²) in [6, 6.07) is 1.89. The zero-order valence-electron chi connectivity index (χ0n) is 9.69. The van der Waals surface area contributed by atoms with Gasteiger partial charge in [0.1, 0.15) is 18.0 Å². The number of nitrogens with zero attached hydrogens (tertiary/aromatic N) is 3. The van der Waals surface area contributed by atoms with E-state index in [0.717, 1.165) is 24.8 Å². The number of nitrogen functional groups attached to an aromatic ring is 1. The summed E-state index contributed by atoms with van der Waals surface area (Å²) in [6.07, 6.45) is 5.63. The van der Waals surface area contributed by atoms with Gasteiger partial charge in [0, 0.05) is 19.2 Å². The maximum Gasteiger partial charge on any atom is 0.145 e. The average Bonchev–Trinajstić information content (AvgIpc) is 2.28. The van der Waals surface area contributed by atoms with Gasteiger partial charge in [-0.2, -0.15) is 0 Å². The molecule has 1 aromatic heterocycles. The van der Waals surface area contributed by atoms with Gasteiger partial charge in [0.2, 0.25) is 0 Å². The molecule has 2 rings (SSSR count). The van der Waals surface area contributed by atoms with Gasteiger partial charge in [-0.1, -0.05) is 6.42 Å². The van der Waals surface area contributed by atoms with Gasteiger partial charge in [0.15, 0.2) is 0 Å². The summed E-state index contributed by atoms with van der Waals surface area (Å²) in [5, 5.41) is 0. The van der Waals surface area contributed by atoms with Crippen LogP contribution < -0.4 is 16.2 Å². The summed E-state index contributed by atoms with van der Waals surface area (Å²) in [7, 11) is 0. The van der Waals surface area contributed by atoms with Gasteiger partial charge in [0.05, 0.1) is 0 Å². The fraction of sp³-hybridized carbons (Fsp3) is 0.636. The van der Waals surface area contributed by atoms with E-state index in [2.05, 4.69) is 27.2 Å². The molecule has 0 spiro atoms. The fourth-order valence-electron chi connectivity index (χ4n) is 1.97. The Morgan fingerprint density at radius 2 is 2.31 bits per heavy atom. The first-order valence-electron chi connectivity index (χ1n) is 5.87. The quantitative estimate of drug-likeness (QED) is 0.581. The summed E-state index contributed by atoms with van der Waals surface area (Å²) < 4.78 is 0. The van der Waals surface area contributed by atoms with Crippen molar-refractivity contribution in [3.8, 4) is 0 Å². The first kappa shape index (κ1) is 11.1. The molecule has 5 heteroatoms. The molecular weight excluding hydrogens is 202 g/mol. The lowest BCUT2D eigenvalue weighted by atomic mass is 9.85. The van der Waals surface area contributed by atoms with Crippen LogP contribution in [-0.4, -0.2) is 23.1 Å². The van der Waals surface area contributed by atoms with Crippen LogP contribution in [0.5, 0.6) is 0 Å². The first-order chi connectivity index (χ1) is 7.83. The van der Waals surface area contributed by atoms with Gasteiger partial charge in [0.25, 0.3) is 0 Å². The fourth-order valence-corrected chi connectivity index (χ4v) is 1.97. The molecule has 1 aliphatic rings.